The maximum absolute atomic E-state index is 6.17. The predicted octanol–water partition coefficient (Wildman–Crippen LogP) is 5.11. The molecule has 0 aliphatic carbocycles. The van der Waals surface area contributed by atoms with E-state index in [9.17, 15) is 0 Å². The van der Waals surface area contributed by atoms with Gasteiger partial charge in [-0.05, 0) is 30.3 Å². The standard InChI is InChI=1S/C13H8Cl2N2S/c14-8-3-4-9(10(15)6-8)12-7-18-13(17-12)11-2-1-5-16-11/h1-7,16H. The lowest BCUT2D eigenvalue weighted by Gasteiger charge is -2.00. The van der Waals surface area contributed by atoms with Crippen LogP contribution >= 0.6 is 34.5 Å². The fourth-order valence-corrected chi connectivity index (χ4v) is 2.99. The molecule has 0 saturated heterocycles. The van der Waals surface area contributed by atoms with Gasteiger partial charge in [0.1, 0.15) is 5.01 Å². The van der Waals surface area contributed by atoms with Gasteiger partial charge in [-0.25, -0.2) is 4.98 Å². The van der Waals surface area contributed by atoms with Crippen molar-refractivity contribution in [1.29, 1.82) is 0 Å². The second-order valence-corrected chi connectivity index (χ2v) is 5.45. The summed E-state index contributed by atoms with van der Waals surface area (Å²) in [6, 6.07) is 9.37. The summed E-state index contributed by atoms with van der Waals surface area (Å²) in [4.78, 5) is 7.71. The second-order valence-electron chi connectivity index (χ2n) is 3.75. The van der Waals surface area contributed by atoms with Crippen LogP contribution in [0.1, 0.15) is 0 Å². The summed E-state index contributed by atoms with van der Waals surface area (Å²) in [5.74, 6) is 0. The van der Waals surface area contributed by atoms with Gasteiger partial charge in [-0.3, -0.25) is 0 Å². The van der Waals surface area contributed by atoms with E-state index < -0.39 is 0 Å². The van der Waals surface area contributed by atoms with Crippen molar-refractivity contribution in [3.8, 4) is 22.0 Å². The lowest BCUT2D eigenvalue weighted by Crippen LogP contribution is -1.81. The van der Waals surface area contributed by atoms with Crippen LogP contribution in [0.5, 0.6) is 0 Å². The summed E-state index contributed by atoms with van der Waals surface area (Å²) < 4.78 is 0. The van der Waals surface area contributed by atoms with Gasteiger partial charge in [0.2, 0.25) is 0 Å². The lowest BCUT2D eigenvalue weighted by atomic mass is 10.2. The maximum Gasteiger partial charge on any atom is 0.140 e. The quantitative estimate of drug-likeness (QED) is 0.699. The van der Waals surface area contributed by atoms with Crippen LogP contribution in [0.2, 0.25) is 10.0 Å². The first-order valence-electron chi connectivity index (χ1n) is 5.29. The fraction of sp³-hybridized carbons (Fsp3) is 0. The Labute approximate surface area is 118 Å². The largest absolute Gasteiger partial charge is 0.359 e. The van der Waals surface area contributed by atoms with Crippen molar-refractivity contribution in [3.05, 3.63) is 52.0 Å². The molecular weight excluding hydrogens is 287 g/mol. The van der Waals surface area contributed by atoms with E-state index in [1.165, 1.54) is 0 Å². The maximum atomic E-state index is 6.17. The molecular formula is C13H8Cl2N2S. The minimum atomic E-state index is 0.617. The Bertz CT molecular complexity index is 674. The minimum Gasteiger partial charge on any atom is -0.359 e. The van der Waals surface area contributed by atoms with Crippen LogP contribution in [0.4, 0.5) is 0 Å². The molecule has 0 saturated carbocycles. The molecule has 3 rings (SSSR count). The summed E-state index contributed by atoms with van der Waals surface area (Å²) in [7, 11) is 0. The number of nitrogens with zero attached hydrogens (tertiary/aromatic N) is 1. The number of aromatic amines is 1. The monoisotopic (exact) mass is 294 g/mol. The van der Waals surface area contributed by atoms with Gasteiger partial charge in [0.05, 0.1) is 16.4 Å². The van der Waals surface area contributed by atoms with Crippen molar-refractivity contribution in [2.24, 2.45) is 0 Å². The molecule has 90 valence electrons. The van der Waals surface area contributed by atoms with Crippen LogP contribution in [0, 0.1) is 0 Å². The molecule has 18 heavy (non-hydrogen) atoms. The number of H-pyrrole nitrogens is 1. The lowest BCUT2D eigenvalue weighted by molar-refractivity contribution is 1.34. The summed E-state index contributed by atoms with van der Waals surface area (Å²) >= 11 is 13.6. The first kappa shape index (κ1) is 11.8. The molecule has 1 N–H and O–H groups in total. The molecule has 0 spiro atoms. The SMILES string of the molecule is Clc1ccc(-c2csc(-c3ccc[nH]3)n2)c(Cl)c1. The number of benzene rings is 1. The molecule has 0 radical (unpaired) electrons. The molecule has 0 aliphatic rings. The average molecular weight is 295 g/mol. The summed E-state index contributed by atoms with van der Waals surface area (Å²) in [6.07, 6.45) is 1.88. The molecule has 0 aliphatic heterocycles. The van der Waals surface area contributed by atoms with Crippen LogP contribution in [0.25, 0.3) is 22.0 Å². The molecule has 2 aromatic heterocycles. The van der Waals surface area contributed by atoms with Crippen LogP contribution < -0.4 is 0 Å². The van der Waals surface area contributed by atoms with E-state index in [0.717, 1.165) is 22.0 Å². The molecule has 3 aromatic rings. The van der Waals surface area contributed by atoms with Crippen molar-refractivity contribution >= 4 is 34.5 Å². The zero-order valence-corrected chi connectivity index (χ0v) is 11.5. The molecule has 2 heterocycles. The third-order valence-electron chi connectivity index (χ3n) is 2.54. The Hall–Kier alpha value is -1.29. The molecule has 0 fully saturated rings. The highest BCUT2D eigenvalue weighted by Gasteiger charge is 2.10. The van der Waals surface area contributed by atoms with Gasteiger partial charge in [0.25, 0.3) is 0 Å². The van der Waals surface area contributed by atoms with Crippen LogP contribution in [-0.4, -0.2) is 9.97 Å². The number of hydrogen-bond acceptors (Lipinski definition) is 2. The zero-order valence-electron chi connectivity index (χ0n) is 9.15. The molecule has 5 heteroatoms. The highest BCUT2D eigenvalue weighted by atomic mass is 35.5. The first-order chi connectivity index (χ1) is 8.74. The van der Waals surface area contributed by atoms with E-state index >= 15 is 0 Å². The highest BCUT2D eigenvalue weighted by Crippen LogP contribution is 2.33. The minimum absolute atomic E-state index is 0.617. The van der Waals surface area contributed by atoms with Gasteiger partial charge >= 0.3 is 0 Å². The normalized spacial score (nSPS) is 10.8. The van der Waals surface area contributed by atoms with Crippen molar-refractivity contribution in [3.63, 3.8) is 0 Å². The van der Waals surface area contributed by atoms with E-state index in [1.807, 2.05) is 35.8 Å². The van der Waals surface area contributed by atoms with E-state index in [-0.39, 0.29) is 0 Å². The van der Waals surface area contributed by atoms with E-state index in [1.54, 1.807) is 17.4 Å². The number of thiazole rings is 1. The van der Waals surface area contributed by atoms with Crippen LogP contribution in [0.15, 0.2) is 41.9 Å². The Balaban J connectivity index is 2.03. The van der Waals surface area contributed by atoms with Gasteiger partial charge in [-0.15, -0.1) is 11.3 Å². The van der Waals surface area contributed by atoms with E-state index in [4.69, 9.17) is 23.2 Å². The Morgan fingerprint density at radius 1 is 1.17 bits per heavy atom. The van der Waals surface area contributed by atoms with Gasteiger partial charge in [-0.2, -0.15) is 0 Å². The molecule has 0 bridgehead atoms. The van der Waals surface area contributed by atoms with Crippen molar-refractivity contribution in [2.45, 2.75) is 0 Å². The van der Waals surface area contributed by atoms with Gasteiger partial charge in [-0.1, -0.05) is 23.2 Å². The summed E-state index contributed by atoms with van der Waals surface area (Å²) in [5.41, 5.74) is 2.78. The van der Waals surface area contributed by atoms with E-state index in [2.05, 4.69) is 9.97 Å². The number of nitrogens with one attached hydrogen (secondary N) is 1. The van der Waals surface area contributed by atoms with Crippen LogP contribution in [0.3, 0.4) is 0 Å². The average Bonchev–Trinajstić information content (AvgIpc) is 2.99. The Morgan fingerprint density at radius 3 is 2.78 bits per heavy atom. The summed E-state index contributed by atoms with van der Waals surface area (Å²) in [5, 5.41) is 4.18. The second kappa shape index (κ2) is 4.76. The molecule has 0 amide bonds. The molecule has 0 unspecified atom stereocenters. The van der Waals surface area contributed by atoms with Gasteiger partial charge in [0, 0.05) is 22.2 Å². The van der Waals surface area contributed by atoms with Crippen molar-refractivity contribution < 1.29 is 0 Å². The first-order valence-corrected chi connectivity index (χ1v) is 6.92. The Morgan fingerprint density at radius 2 is 2.06 bits per heavy atom. The highest BCUT2D eigenvalue weighted by molar-refractivity contribution is 7.13. The smallest absolute Gasteiger partial charge is 0.140 e. The third kappa shape index (κ3) is 2.17. The third-order valence-corrected chi connectivity index (χ3v) is 3.96. The van der Waals surface area contributed by atoms with Crippen molar-refractivity contribution in [1.82, 2.24) is 9.97 Å². The number of halogens is 2. The molecule has 1 aromatic carbocycles. The topological polar surface area (TPSA) is 28.7 Å². The summed E-state index contributed by atoms with van der Waals surface area (Å²) in [6.45, 7) is 0. The van der Waals surface area contributed by atoms with Crippen LogP contribution in [-0.2, 0) is 0 Å². The van der Waals surface area contributed by atoms with E-state index in [0.29, 0.717) is 10.0 Å². The Kier molecular flexibility index (Phi) is 3.12. The van der Waals surface area contributed by atoms with Gasteiger partial charge < -0.3 is 4.98 Å². The number of hydrogen-bond donors (Lipinski definition) is 1. The predicted molar refractivity (Wildman–Crippen MR) is 77.4 cm³/mol. The van der Waals surface area contributed by atoms with Gasteiger partial charge in [0.15, 0.2) is 0 Å². The molecule has 2 nitrogen and oxygen atoms in total. The number of rotatable bonds is 2. The number of aromatic nitrogens is 2. The fourth-order valence-electron chi connectivity index (χ4n) is 1.68. The zero-order chi connectivity index (χ0) is 12.5. The van der Waals surface area contributed by atoms with Crippen molar-refractivity contribution in [2.75, 3.05) is 0 Å². The molecule has 0 atom stereocenters.